The minimum absolute atomic E-state index is 0.400. The lowest BCUT2D eigenvalue weighted by molar-refractivity contribution is 0.198. The van der Waals surface area contributed by atoms with Crippen molar-refractivity contribution in [1.29, 1.82) is 0 Å². The fourth-order valence-corrected chi connectivity index (χ4v) is 1.72. The van der Waals surface area contributed by atoms with Crippen LogP contribution < -0.4 is 14.2 Å². The molecule has 1 unspecified atom stereocenters. The maximum atomic E-state index is 9.45. The number of aliphatic hydroxyl groups is 1. The summed E-state index contributed by atoms with van der Waals surface area (Å²) in [6.07, 6.45) is 1.01. The van der Waals surface area contributed by atoms with Crippen LogP contribution >= 0.6 is 0 Å². The average molecular weight is 275 g/mol. The number of rotatable bonds is 5. The Morgan fingerprint density at radius 3 is 2.15 bits per heavy atom. The Bertz CT molecular complexity index is 544. The molecule has 1 aromatic carbocycles. The van der Waals surface area contributed by atoms with Crippen LogP contribution in [0.3, 0.4) is 0 Å². The van der Waals surface area contributed by atoms with E-state index in [1.54, 1.807) is 51.6 Å². The van der Waals surface area contributed by atoms with E-state index in [0.717, 1.165) is 5.56 Å². The third kappa shape index (κ3) is 3.00. The lowest BCUT2D eigenvalue weighted by Gasteiger charge is -2.13. The number of para-hydroxylation sites is 1. The molecule has 20 heavy (non-hydrogen) atoms. The number of ether oxygens (including phenoxy) is 3. The second-order valence-electron chi connectivity index (χ2n) is 4.20. The molecule has 2 rings (SSSR count). The largest absolute Gasteiger partial charge is 0.493 e. The first-order valence-electron chi connectivity index (χ1n) is 6.18. The van der Waals surface area contributed by atoms with Crippen molar-refractivity contribution >= 4 is 0 Å². The molecule has 0 spiro atoms. The minimum atomic E-state index is -0.558. The van der Waals surface area contributed by atoms with E-state index in [0.29, 0.717) is 23.1 Å². The van der Waals surface area contributed by atoms with E-state index in [1.807, 2.05) is 6.07 Å². The topological polar surface area (TPSA) is 60.8 Å². The van der Waals surface area contributed by atoms with Crippen LogP contribution in [0.1, 0.15) is 18.6 Å². The van der Waals surface area contributed by atoms with Crippen molar-refractivity contribution in [3.63, 3.8) is 0 Å². The molecule has 0 aliphatic heterocycles. The van der Waals surface area contributed by atoms with Crippen LogP contribution in [-0.2, 0) is 0 Å². The summed E-state index contributed by atoms with van der Waals surface area (Å²) in [6, 6.07) is 8.82. The molecule has 2 aromatic rings. The van der Waals surface area contributed by atoms with Crippen molar-refractivity contribution in [2.24, 2.45) is 0 Å². The number of nitrogens with zero attached hydrogens (tertiary/aromatic N) is 1. The number of benzene rings is 1. The first-order valence-corrected chi connectivity index (χ1v) is 6.18. The van der Waals surface area contributed by atoms with Gasteiger partial charge in [0.15, 0.2) is 11.5 Å². The average Bonchev–Trinajstić information content (AvgIpc) is 2.48. The van der Waals surface area contributed by atoms with Gasteiger partial charge in [0.1, 0.15) is 0 Å². The van der Waals surface area contributed by atoms with Gasteiger partial charge in [-0.3, -0.25) is 0 Å². The highest BCUT2D eigenvalue weighted by molar-refractivity contribution is 5.52. The first kappa shape index (κ1) is 14.1. The molecule has 0 aliphatic rings. The Morgan fingerprint density at radius 1 is 1.05 bits per heavy atom. The van der Waals surface area contributed by atoms with Gasteiger partial charge in [0.2, 0.25) is 11.6 Å². The number of methoxy groups -OCH3 is 2. The van der Waals surface area contributed by atoms with Gasteiger partial charge in [0.05, 0.1) is 20.3 Å². The Kier molecular flexibility index (Phi) is 4.42. The smallest absolute Gasteiger partial charge is 0.219 e. The second-order valence-corrected chi connectivity index (χ2v) is 4.20. The van der Waals surface area contributed by atoms with Gasteiger partial charge in [0, 0.05) is 12.3 Å². The van der Waals surface area contributed by atoms with Gasteiger partial charge in [-0.15, -0.1) is 0 Å². The van der Waals surface area contributed by atoms with Gasteiger partial charge >= 0.3 is 0 Å². The minimum Gasteiger partial charge on any atom is -0.493 e. The number of pyridine rings is 1. The van der Waals surface area contributed by atoms with Crippen LogP contribution in [0, 0.1) is 0 Å². The van der Waals surface area contributed by atoms with E-state index in [-0.39, 0.29) is 0 Å². The molecule has 0 bridgehead atoms. The van der Waals surface area contributed by atoms with Gasteiger partial charge in [-0.05, 0) is 30.7 Å². The molecule has 0 saturated carbocycles. The van der Waals surface area contributed by atoms with Crippen LogP contribution in [0.5, 0.6) is 23.1 Å². The SMILES string of the molecule is COc1cccc(OC)c1Oc1ccc(C(C)O)cn1. The Labute approximate surface area is 117 Å². The van der Waals surface area contributed by atoms with Crippen LogP contribution in [0.4, 0.5) is 0 Å². The molecule has 5 nitrogen and oxygen atoms in total. The van der Waals surface area contributed by atoms with Gasteiger partial charge in [0.25, 0.3) is 0 Å². The van der Waals surface area contributed by atoms with Crippen molar-refractivity contribution < 1.29 is 19.3 Å². The quantitative estimate of drug-likeness (QED) is 0.909. The molecular weight excluding hydrogens is 258 g/mol. The molecule has 1 heterocycles. The normalized spacial score (nSPS) is 11.8. The number of hydrogen-bond donors (Lipinski definition) is 1. The van der Waals surface area contributed by atoms with E-state index in [2.05, 4.69) is 4.98 Å². The molecule has 106 valence electrons. The Morgan fingerprint density at radius 2 is 1.70 bits per heavy atom. The summed E-state index contributed by atoms with van der Waals surface area (Å²) < 4.78 is 16.2. The van der Waals surface area contributed by atoms with Crippen LogP contribution in [0.2, 0.25) is 0 Å². The lowest BCUT2D eigenvalue weighted by atomic mass is 10.2. The third-order valence-electron chi connectivity index (χ3n) is 2.83. The molecular formula is C15H17NO4. The second kappa shape index (κ2) is 6.25. The molecule has 0 saturated heterocycles. The lowest BCUT2D eigenvalue weighted by Crippen LogP contribution is -1.97. The summed E-state index contributed by atoms with van der Waals surface area (Å²) in [5.41, 5.74) is 0.726. The van der Waals surface area contributed by atoms with Gasteiger partial charge in [-0.2, -0.15) is 0 Å². The van der Waals surface area contributed by atoms with Gasteiger partial charge in [-0.25, -0.2) is 4.98 Å². The number of hydrogen-bond acceptors (Lipinski definition) is 5. The highest BCUT2D eigenvalue weighted by Crippen LogP contribution is 2.39. The van der Waals surface area contributed by atoms with Crippen molar-refractivity contribution in [2.75, 3.05) is 14.2 Å². The summed E-state index contributed by atoms with van der Waals surface area (Å²) in [5, 5.41) is 9.45. The number of aromatic nitrogens is 1. The van der Waals surface area contributed by atoms with E-state index >= 15 is 0 Å². The third-order valence-corrected chi connectivity index (χ3v) is 2.83. The maximum absolute atomic E-state index is 9.45. The highest BCUT2D eigenvalue weighted by Gasteiger charge is 2.13. The van der Waals surface area contributed by atoms with E-state index in [9.17, 15) is 5.11 Å². The Hall–Kier alpha value is -2.27. The van der Waals surface area contributed by atoms with E-state index < -0.39 is 6.10 Å². The highest BCUT2D eigenvalue weighted by atomic mass is 16.5. The van der Waals surface area contributed by atoms with Crippen molar-refractivity contribution in [2.45, 2.75) is 13.0 Å². The Balaban J connectivity index is 2.29. The predicted octanol–water partition coefficient (Wildman–Crippen LogP) is 2.94. The van der Waals surface area contributed by atoms with Crippen molar-refractivity contribution in [3.05, 3.63) is 42.1 Å². The van der Waals surface area contributed by atoms with E-state index in [4.69, 9.17) is 14.2 Å². The van der Waals surface area contributed by atoms with Gasteiger partial charge < -0.3 is 19.3 Å². The fourth-order valence-electron chi connectivity index (χ4n) is 1.72. The molecule has 0 aliphatic carbocycles. The zero-order valence-corrected chi connectivity index (χ0v) is 11.7. The van der Waals surface area contributed by atoms with E-state index in [1.165, 1.54) is 0 Å². The predicted molar refractivity (Wildman–Crippen MR) is 74.5 cm³/mol. The first-order chi connectivity index (χ1) is 9.65. The van der Waals surface area contributed by atoms with Gasteiger partial charge in [-0.1, -0.05) is 6.07 Å². The fraction of sp³-hybridized carbons (Fsp3) is 0.267. The number of aliphatic hydroxyl groups excluding tert-OH is 1. The summed E-state index contributed by atoms with van der Waals surface area (Å²) in [4.78, 5) is 4.15. The molecule has 0 radical (unpaired) electrons. The molecule has 1 aromatic heterocycles. The summed E-state index contributed by atoms with van der Waals surface area (Å²) in [5.74, 6) is 1.99. The molecule has 0 amide bonds. The standard InChI is InChI=1S/C15H17NO4/c1-10(17)11-7-8-14(16-9-11)20-15-12(18-2)5-4-6-13(15)19-3/h4-10,17H,1-3H3. The van der Waals surface area contributed by atoms with Crippen LogP contribution in [0.15, 0.2) is 36.5 Å². The maximum Gasteiger partial charge on any atom is 0.219 e. The van der Waals surface area contributed by atoms with Crippen LogP contribution in [0.25, 0.3) is 0 Å². The zero-order valence-electron chi connectivity index (χ0n) is 11.7. The molecule has 1 atom stereocenters. The zero-order chi connectivity index (χ0) is 14.5. The van der Waals surface area contributed by atoms with Crippen molar-refractivity contribution in [3.8, 4) is 23.1 Å². The molecule has 0 fully saturated rings. The molecule has 5 heteroatoms. The molecule has 1 N–H and O–H groups in total. The summed E-state index contributed by atoms with van der Waals surface area (Å²) >= 11 is 0. The van der Waals surface area contributed by atoms with Crippen molar-refractivity contribution in [1.82, 2.24) is 4.98 Å². The van der Waals surface area contributed by atoms with Crippen LogP contribution in [-0.4, -0.2) is 24.3 Å². The summed E-state index contributed by atoms with van der Waals surface area (Å²) in [7, 11) is 3.12. The monoisotopic (exact) mass is 275 g/mol. The summed E-state index contributed by atoms with van der Waals surface area (Å²) in [6.45, 7) is 1.68.